The number of aliphatic hydroxyl groups is 1. The Balaban J connectivity index is 2.00. The van der Waals surface area contributed by atoms with E-state index in [0.29, 0.717) is 6.54 Å². The van der Waals surface area contributed by atoms with Crippen LogP contribution in [0.2, 0.25) is 0 Å². The first kappa shape index (κ1) is 16.0. The molecule has 1 atom stereocenters. The molecule has 0 saturated heterocycles. The molecule has 0 radical (unpaired) electrons. The largest absolute Gasteiger partial charge is 0.389 e. The molecule has 0 fully saturated rings. The Kier molecular flexibility index (Phi) is 4.77. The van der Waals surface area contributed by atoms with Crippen LogP contribution in [0.15, 0.2) is 30.6 Å². The van der Waals surface area contributed by atoms with Crippen molar-refractivity contribution >= 4 is 11.4 Å². The maximum Gasteiger partial charge on any atom is 0.306 e. The number of anilines is 1. The molecule has 1 aromatic heterocycles. The van der Waals surface area contributed by atoms with Gasteiger partial charge in [-0.05, 0) is 31.0 Å². The highest BCUT2D eigenvalue weighted by atomic mass is 16.6. The molecule has 7 nitrogen and oxygen atoms in total. The third-order valence-corrected chi connectivity index (χ3v) is 3.70. The lowest BCUT2D eigenvalue weighted by Gasteiger charge is -2.25. The highest BCUT2D eigenvalue weighted by molar-refractivity contribution is 5.55. The molecule has 1 heterocycles. The molecular weight excluding hydrogens is 284 g/mol. The summed E-state index contributed by atoms with van der Waals surface area (Å²) in [7, 11) is 1.91. The van der Waals surface area contributed by atoms with Gasteiger partial charge in [-0.15, -0.1) is 0 Å². The minimum absolute atomic E-state index is 0.0740. The molecule has 0 amide bonds. The van der Waals surface area contributed by atoms with E-state index in [1.165, 1.54) is 28.2 Å². The summed E-state index contributed by atoms with van der Waals surface area (Å²) in [6, 6.07) is 6.04. The van der Waals surface area contributed by atoms with Crippen LogP contribution in [0, 0.1) is 24.0 Å². The van der Waals surface area contributed by atoms with Gasteiger partial charge in [0, 0.05) is 19.3 Å². The van der Waals surface area contributed by atoms with Crippen molar-refractivity contribution in [2.45, 2.75) is 26.5 Å². The number of nitrogens with zero attached hydrogens (tertiary/aromatic N) is 4. The number of hydrogen-bond acceptors (Lipinski definition) is 5. The second kappa shape index (κ2) is 6.57. The Morgan fingerprint density at radius 2 is 2.18 bits per heavy atom. The molecule has 1 N–H and O–H groups in total. The predicted octanol–water partition coefficient (Wildman–Crippen LogP) is 1.91. The third-order valence-electron chi connectivity index (χ3n) is 3.70. The van der Waals surface area contributed by atoms with E-state index in [4.69, 9.17) is 0 Å². The van der Waals surface area contributed by atoms with Crippen molar-refractivity contribution in [1.82, 2.24) is 9.78 Å². The molecule has 0 saturated carbocycles. The standard InChI is InChI=1S/C15H20N4O3/c1-11-5-4-6-15(12(11)2)17(3)9-14(20)10-18-8-13(7-16-18)19(21)22/h4-8,14,20H,9-10H2,1-3H3. The SMILES string of the molecule is Cc1cccc(N(C)CC(O)Cn2cc([N+](=O)[O-])cn2)c1C. The summed E-state index contributed by atoms with van der Waals surface area (Å²) in [5.74, 6) is 0. The van der Waals surface area contributed by atoms with Crippen molar-refractivity contribution in [3.05, 3.63) is 51.8 Å². The van der Waals surface area contributed by atoms with Crippen LogP contribution in [0.25, 0.3) is 0 Å². The fraction of sp³-hybridized carbons (Fsp3) is 0.400. The van der Waals surface area contributed by atoms with Crippen molar-refractivity contribution in [3.63, 3.8) is 0 Å². The topological polar surface area (TPSA) is 84.4 Å². The van der Waals surface area contributed by atoms with Gasteiger partial charge in [-0.1, -0.05) is 12.1 Å². The van der Waals surface area contributed by atoms with Gasteiger partial charge in [-0.25, -0.2) is 0 Å². The molecule has 118 valence electrons. The Bertz CT molecular complexity index is 669. The highest BCUT2D eigenvalue weighted by Gasteiger charge is 2.15. The normalized spacial score (nSPS) is 12.2. The molecule has 0 aliphatic heterocycles. The van der Waals surface area contributed by atoms with E-state index in [0.717, 1.165) is 5.69 Å². The van der Waals surface area contributed by atoms with Gasteiger partial charge < -0.3 is 10.0 Å². The summed E-state index contributed by atoms with van der Waals surface area (Å²) in [6.45, 7) is 4.72. The van der Waals surface area contributed by atoms with Gasteiger partial charge in [-0.3, -0.25) is 14.8 Å². The van der Waals surface area contributed by atoms with E-state index in [1.54, 1.807) is 0 Å². The Morgan fingerprint density at radius 1 is 1.45 bits per heavy atom. The summed E-state index contributed by atoms with van der Waals surface area (Å²) in [6.07, 6.45) is 1.83. The van der Waals surface area contributed by atoms with Crippen molar-refractivity contribution in [3.8, 4) is 0 Å². The lowest BCUT2D eigenvalue weighted by Crippen LogP contribution is -2.32. The van der Waals surface area contributed by atoms with Crippen molar-refractivity contribution in [2.24, 2.45) is 0 Å². The van der Waals surface area contributed by atoms with E-state index >= 15 is 0 Å². The van der Waals surface area contributed by atoms with Crippen LogP contribution in [-0.2, 0) is 6.54 Å². The molecule has 2 rings (SSSR count). The molecule has 0 aliphatic rings. The third kappa shape index (κ3) is 3.62. The first-order valence-electron chi connectivity index (χ1n) is 7.00. The number of benzene rings is 1. The van der Waals surface area contributed by atoms with Crippen molar-refractivity contribution in [2.75, 3.05) is 18.5 Å². The minimum atomic E-state index is -0.676. The first-order chi connectivity index (χ1) is 10.4. The lowest BCUT2D eigenvalue weighted by molar-refractivity contribution is -0.385. The second-order valence-electron chi connectivity index (χ2n) is 5.43. The van der Waals surface area contributed by atoms with Crippen LogP contribution >= 0.6 is 0 Å². The lowest BCUT2D eigenvalue weighted by atomic mass is 10.1. The molecule has 22 heavy (non-hydrogen) atoms. The molecule has 2 aromatic rings. The Morgan fingerprint density at radius 3 is 2.82 bits per heavy atom. The molecular formula is C15H20N4O3. The summed E-state index contributed by atoms with van der Waals surface area (Å²) >= 11 is 0. The number of aromatic nitrogens is 2. The summed E-state index contributed by atoms with van der Waals surface area (Å²) in [5, 5.41) is 24.7. The van der Waals surface area contributed by atoms with E-state index < -0.39 is 11.0 Å². The average Bonchev–Trinajstić information content (AvgIpc) is 2.90. The van der Waals surface area contributed by atoms with Gasteiger partial charge in [0.15, 0.2) is 0 Å². The number of aliphatic hydroxyl groups excluding tert-OH is 1. The van der Waals surface area contributed by atoms with E-state index in [9.17, 15) is 15.2 Å². The molecule has 0 spiro atoms. The first-order valence-corrected chi connectivity index (χ1v) is 7.00. The average molecular weight is 304 g/mol. The van der Waals surface area contributed by atoms with Gasteiger partial charge >= 0.3 is 5.69 Å². The van der Waals surface area contributed by atoms with Gasteiger partial charge in [-0.2, -0.15) is 5.10 Å². The van der Waals surface area contributed by atoms with Gasteiger partial charge in [0.2, 0.25) is 0 Å². The number of rotatable bonds is 6. The summed E-state index contributed by atoms with van der Waals surface area (Å²) < 4.78 is 1.39. The van der Waals surface area contributed by atoms with E-state index in [1.807, 2.05) is 44.0 Å². The predicted molar refractivity (Wildman–Crippen MR) is 84.1 cm³/mol. The monoisotopic (exact) mass is 304 g/mol. The maximum atomic E-state index is 10.6. The van der Waals surface area contributed by atoms with Crippen LogP contribution in [0.4, 0.5) is 11.4 Å². The smallest absolute Gasteiger partial charge is 0.306 e. The van der Waals surface area contributed by atoms with Crippen LogP contribution in [0.1, 0.15) is 11.1 Å². The zero-order valence-electron chi connectivity index (χ0n) is 12.9. The zero-order valence-corrected chi connectivity index (χ0v) is 12.9. The second-order valence-corrected chi connectivity index (χ2v) is 5.43. The minimum Gasteiger partial charge on any atom is -0.389 e. The van der Waals surface area contributed by atoms with Crippen LogP contribution in [0.5, 0.6) is 0 Å². The Labute approximate surface area is 128 Å². The molecule has 1 aromatic carbocycles. The number of likely N-dealkylation sites (N-methyl/N-ethyl adjacent to an activating group) is 1. The molecule has 7 heteroatoms. The molecule has 1 unspecified atom stereocenters. The number of aryl methyl sites for hydroxylation is 1. The van der Waals surface area contributed by atoms with E-state index in [2.05, 4.69) is 5.10 Å². The molecule has 0 aliphatic carbocycles. The van der Waals surface area contributed by atoms with Gasteiger partial charge in [0.05, 0.1) is 17.6 Å². The fourth-order valence-corrected chi connectivity index (χ4v) is 2.38. The van der Waals surface area contributed by atoms with Crippen molar-refractivity contribution < 1.29 is 10.0 Å². The number of nitro groups is 1. The maximum absolute atomic E-state index is 10.6. The Hall–Kier alpha value is -2.41. The van der Waals surface area contributed by atoms with Gasteiger partial charge in [0.1, 0.15) is 12.4 Å². The highest BCUT2D eigenvalue weighted by Crippen LogP contribution is 2.21. The van der Waals surface area contributed by atoms with E-state index in [-0.39, 0.29) is 12.2 Å². The number of hydrogen-bond donors (Lipinski definition) is 1. The summed E-state index contributed by atoms with van der Waals surface area (Å²) in [4.78, 5) is 12.1. The van der Waals surface area contributed by atoms with Crippen LogP contribution in [-0.4, -0.2) is 39.5 Å². The fourth-order valence-electron chi connectivity index (χ4n) is 2.38. The quantitative estimate of drug-likeness (QED) is 0.651. The van der Waals surface area contributed by atoms with Gasteiger partial charge in [0.25, 0.3) is 0 Å². The summed E-state index contributed by atoms with van der Waals surface area (Å²) in [5.41, 5.74) is 3.36. The van der Waals surface area contributed by atoms with Crippen LogP contribution in [0.3, 0.4) is 0 Å². The van der Waals surface area contributed by atoms with Crippen LogP contribution < -0.4 is 4.90 Å². The van der Waals surface area contributed by atoms with Crippen molar-refractivity contribution in [1.29, 1.82) is 0 Å². The molecule has 0 bridgehead atoms. The zero-order chi connectivity index (χ0) is 16.3.